The zero-order chi connectivity index (χ0) is 14.8. The number of benzene rings is 1. The molecule has 0 radical (unpaired) electrons. The van der Waals surface area contributed by atoms with Crippen molar-refractivity contribution in [3.63, 3.8) is 0 Å². The van der Waals surface area contributed by atoms with E-state index in [1.165, 1.54) is 18.4 Å². The second-order valence-corrected chi connectivity index (χ2v) is 4.74. The molecule has 0 fully saturated rings. The Kier molecular flexibility index (Phi) is 7.44. The highest BCUT2D eigenvalue weighted by molar-refractivity contribution is 5.28. The minimum absolute atomic E-state index is 0.180. The number of alkyl halides is 3. The molecule has 0 saturated carbocycles. The fraction of sp³-hybridized carbons (Fsp3) is 0.600. The Labute approximate surface area is 118 Å². The van der Waals surface area contributed by atoms with Gasteiger partial charge in [0.2, 0.25) is 0 Å². The lowest BCUT2D eigenvalue weighted by Gasteiger charge is -2.10. The average Bonchev–Trinajstić information content (AvgIpc) is 2.38. The van der Waals surface area contributed by atoms with Crippen LogP contribution in [0.2, 0.25) is 0 Å². The van der Waals surface area contributed by atoms with Gasteiger partial charge in [0.15, 0.2) is 0 Å². The van der Waals surface area contributed by atoms with Crippen molar-refractivity contribution in [3.8, 4) is 5.75 Å². The van der Waals surface area contributed by atoms with Gasteiger partial charge in [-0.3, -0.25) is 0 Å². The number of aryl methyl sites for hydroxylation is 1. The van der Waals surface area contributed by atoms with E-state index >= 15 is 0 Å². The third-order valence-electron chi connectivity index (χ3n) is 2.84. The minimum Gasteiger partial charge on any atom is -0.492 e. The topological polar surface area (TPSA) is 21.3 Å². The van der Waals surface area contributed by atoms with E-state index in [4.69, 9.17) is 4.74 Å². The summed E-state index contributed by atoms with van der Waals surface area (Å²) in [5, 5.41) is 2.30. The highest BCUT2D eigenvalue weighted by atomic mass is 19.4. The van der Waals surface area contributed by atoms with E-state index in [9.17, 15) is 13.2 Å². The second kappa shape index (κ2) is 8.84. The molecule has 0 bridgehead atoms. The molecule has 2 nitrogen and oxygen atoms in total. The summed E-state index contributed by atoms with van der Waals surface area (Å²) in [4.78, 5) is 0. The number of halogens is 3. The first kappa shape index (κ1) is 16.8. The summed E-state index contributed by atoms with van der Waals surface area (Å²) >= 11 is 0. The van der Waals surface area contributed by atoms with Crippen molar-refractivity contribution in [3.05, 3.63) is 29.8 Å². The van der Waals surface area contributed by atoms with Crippen molar-refractivity contribution in [2.45, 2.75) is 38.8 Å². The van der Waals surface area contributed by atoms with Crippen LogP contribution in [0, 0.1) is 0 Å². The van der Waals surface area contributed by atoms with Crippen LogP contribution < -0.4 is 10.1 Å². The summed E-state index contributed by atoms with van der Waals surface area (Å²) in [5.74, 6) is 0.716. The van der Waals surface area contributed by atoms with Crippen molar-refractivity contribution in [2.75, 3.05) is 19.7 Å². The maximum Gasteiger partial charge on any atom is 0.401 e. The number of unbranched alkanes of at least 4 members (excludes halogenated alkanes) is 2. The van der Waals surface area contributed by atoms with Gasteiger partial charge in [-0.05, 0) is 30.5 Å². The van der Waals surface area contributed by atoms with Crippen molar-refractivity contribution >= 4 is 0 Å². The maximum absolute atomic E-state index is 11.9. The van der Waals surface area contributed by atoms with Crippen molar-refractivity contribution in [1.82, 2.24) is 5.32 Å². The molecule has 1 aromatic rings. The largest absolute Gasteiger partial charge is 0.492 e. The van der Waals surface area contributed by atoms with E-state index in [0.29, 0.717) is 5.75 Å². The molecule has 0 aliphatic carbocycles. The third kappa shape index (κ3) is 8.04. The molecule has 114 valence electrons. The molecule has 0 aliphatic rings. The van der Waals surface area contributed by atoms with Crippen LogP contribution in [0.3, 0.4) is 0 Å². The van der Waals surface area contributed by atoms with Crippen LogP contribution in [0.25, 0.3) is 0 Å². The first-order chi connectivity index (χ1) is 9.51. The third-order valence-corrected chi connectivity index (χ3v) is 2.84. The average molecular weight is 289 g/mol. The fourth-order valence-electron chi connectivity index (χ4n) is 1.84. The highest BCUT2D eigenvalue weighted by Crippen LogP contribution is 2.15. The molecule has 0 spiro atoms. The number of hydrogen-bond acceptors (Lipinski definition) is 2. The molecule has 0 amide bonds. The molecular weight excluding hydrogens is 267 g/mol. The first-order valence-electron chi connectivity index (χ1n) is 7.00. The zero-order valence-corrected chi connectivity index (χ0v) is 11.8. The standard InChI is InChI=1S/C15H22F3NO/c1-2-3-4-6-13-7-5-8-14(11-13)20-10-9-19-12-15(16,17)18/h5,7-8,11,19H,2-4,6,9-10,12H2,1H3. The van der Waals surface area contributed by atoms with E-state index in [2.05, 4.69) is 12.2 Å². The van der Waals surface area contributed by atoms with Gasteiger partial charge in [-0.1, -0.05) is 31.9 Å². The van der Waals surface area contributed by atoms with E-state index in [1.54, 1.807) is 0 Å². The lowest BCUT2D eigenvalue weighted by molar-refractivity contribution is -0.124. The summed E-state index contributed by atoms with van der Waals surface area (Å²) in [7, 11) is 0. The van der Waals surface area contributed by atoms with Gasteiger partial charge < -0.3 is 10.1 Å². The Bertz CT molecular complexity index is 380. The Morgan fingerprint density at radius 3 is 2.70 bits per heavy atom. The number of hydrogen-bond donors (Lipinski definition) is 1. The summed E-state index contributed by atoms with van der Waals surface area (Å²) in [5.41, 5.74) is 1.21. The Balaban J connectivity index is 2.24. The molecule has 5 heteroatoms. The van der Waals surface area contributed by atoms with Gasteiger partial charge >= 0.3 is 6.18 Å². The molecule has 1 N–H and O–H groups in total. The van der Waals surface area contributed by atoms with E-state index < -0.39 is 12.7 Å². The van der Waals surface area contributed by atoms with E-state index in [1.807, 2.05) is 24.3 Å². The lowest BCUT2D eigenvalue weighted by atomic mass is 10.1. The number of rotatable bonds is 9. The Morgan fingerprint density at radius 2 is 2.00 bits per heavy atom. The molecular formula is C15H22F3NO. The van der Waals surface area contributed by atoms with Crippen LogP contribution in [0.15, 0.2) is 24.3 Å². The Morgan fingerprint density at radius 1 is 1.20 bits per heavy atom. The first-order valence-corrected chi connectivity index (χ1v) is 7.00. The van der Waals surface area contributed by atoms with Gasteiger partial charge in [0, 0.05) is 6.54 Å². The lowest BCUT2D eigenvalue weighted by Crippen LogP contribution is -2.31. The van der Waals surface area contributed by atoms with E-state index in [-0.39, 0.29) is 13.2 Å². The molecule has 0 unspecified atom stereocenters. The Hall–Kier alpha value is -1.23. The van der Waals surface area contributed by atoms with Crippen molar-refractivity contribution < 1.29 is 17.9 Å². The smallest absolute Gasteiger partial charge is 0.401 e. The number of nitrogens with one attached hydrogen (secondary N) is 1. The van der Waals surface area contributed by atoms with Crippen LogP contribution in [0.4, 0.5) is 13.2 Å². The molecule has 0 atom stereocenters. The summed E-state index contributed by atoms with van der Waals surface area (Å²) in [6.45, 7) is 1.59. The molecule has 0 heterocycles. The van der Waals surface area contributed by atoms with Crippen LogP contribution in [0.5, 0.6) is 5.75 Å². The van der Waals surface area contributed by atoms with Crippen molar-refractivity contribution in [2.24, 2.45) is 0 Å². The molecule has 0 aliphatic heterocycles. The molecule has 1 aromatic carbocycles. The summed E-state index contributed by atoms with van der Waals surface area (Å²) < 4.78 is 41.1. The predicted octanol–water partition coefficient (Wildman–Crippen LogP) is 3.95. The van der Waals surface area contributed by atoms with Gasteiger partial charge in [0.1, 0.15) is 12.4 Å². The normalized spacial score (nSPS) is 11.6. The predicted molar refractivity (Wildman–Crippen MR) is 74.1 cm³/mol. The monoisotopic (exact) mass is 289 g/mol. The van der Waals surface area contributed by atoms with Crippen LogP contribution in [0.1, 0.15) is 31.7 Å². The van der Waals surface area contributed by atoms with Crippen LogP contribution >= 0.6 is 0 Å². The molecule has 1 rings (SSSR count). The SMILES string of the molecule is CCCCCc1cccc(OCCNCC(F)(F)F)c1. The van der Waals surface area contributed by atoms with Crippen molar-refractivity contribution in [1.29, 1.82) is 0 Å². The minimum atomic E-state index is -4.17. The quantitative estimate of drug-likeness (QED) is 0.695. The van der Waals surface area contributed by atoms with E-state index in [0.717, 1.165) is 12.8 Å². The second-order valence-electron chi connectivity index (χ2n) is 4.74. The van der Waals surface area contributed by atoms with Crippen LogP contribution in [-0.4, -0.2) is 25.9 Å². The van der Waals surface area contributed by atoms with Gasteiger partial charge in [0.25, 0.3) is 0 Å². The fourth-order valence-corrected chi connectivity index (χ4v) is 1.84. The zero-order valence-electron chi connectivity index (χ0n) is 11.8. The molecule has 20 heavy (non-hydrogen) atoms. The summed E-state index contributed by atoms with van der Waals surface area (Å²) in [6.07, 6.45) is 0.372. The highest BCUT2D eigenvalue weighted by Gasteiger charge is 2.25. The summed E-state index contributed by atoms with van der Waals surface area (Å²) in [6, 6.07) is 7.75. The van der Waals surface area contributed by atoms with Gasteiger partial charge in [-0.25, -0.2) is 0 Å². The van der Waals surface area contributed by atoms with Crippen LogP contribution in [-0.2, 0) is 6.42 Å². The van der Waals surface area contributed by atoms with Gasteiger partial charge in [-0.15, -0.1) is 0 Å². The van der Waals surface area contributed by atoms with Gasteiger partial charge in [0.05, 0.1) is 6.54 Å². The van der Waals surface area contributed by atoms with Gasteiger partial charge in [-0.2, -0.15) is 13.2 Å². The molecule has 0 aromatic heterocycles. The maximum atomic E-state index is 11.9. The number of ether oxygens (including phenoxy) is 1. The molecule has 0 saturated heterocycles.